The van der Waals surface area contributed by atoms with Crippen LogP contribution >= 0.6 is 0 Å². The highest BCUT2D eigenvalue weighted by Gasteiger charge is 2.44. The van der Waals surface area contributed by atoms with Crippen molar-refractivity contribution in [1.29, 1.82) is 0 Å². The summed E-state index contributed by atoms with van der Waals surface area (Å²) in [7, 11) is -7.54. The maximum Gasteiger partial charge on any atom is 0.407 e. The summed E-state index contributed by atoms with van der Waals surface area (Å²) >= 11 is 0. The molecule has 3 aliphatic rings. The molecule has 0 saturated carbocycles. The fourth-order valence-electron chi connectivity index (χ4n) is 6.71. The van der Waals surface area contributed by atoms with Crippen molar-refractivity contribution < 1.29 is 50.4 Å². The summed E-state index contributed by atoms with van der Waals surface area (Å²) in [5.41, 5.74) is 0.254. The van der Waals surface area contributed by atoms with Gasteiger partial charge in [0.1, 0.15) is 6.10 Å². The van der Waals surface area contributed by atoms with Gasteiger partial charge < -0.3 is 34.1 Å². The fraction of sp³-hybridized carbons (Fsp3) is 0.639. The van der Waals surface area contributed by atoms with Crippen molar-refractivity contribution in [2.75, 3.05) is 45.4 Å². The van der Waals surface area contributed by atoms with E-state index in [0.29, 0.717) is 56.8 Å². The highest BCUT2D eigenvalue weighted by atomic mass is 32.2. The SMILES string of the molecule is CCCCS(=O)(=O)NCCCCC(C)(C)CN(C[C@@H](O)[C@H](Cc1ccccc1)NC(=O)O[C@H]1CO[C@H]2OCC[C@H]21)S(=O)(=O)c1ccc2c(c1)OCO2. The highest BCUT2D eigenvalue weighted by Crippen LogP contribution is 2.36. The number of fused-ring (bicyclic) bond motifs is 2. The van der Waals surface area contributed by atoms with Gasteiger partial charge in [0.2, 0.25) is 26.8 Å². The lowest BCUT2D eigenvalue weighted by atomic mass is 9.87. The van der Waals surface area contributed by atoms with E-state index in [1.165, 1.54) is 16.4 Å². The van der Waals surface area contributed by atoms with E-state index in [1.807, 2.05) is 51.1 Å². The number of rotatable bonds is 20. The maximum absolute atomic E-state index is 14.4. The average Bonchev–Trinajstić information content (AvgIpc) is 3.86. The van der Waals surface area contributed by atoms with Crippen LogP contribution in [0.2, 0.25) is 0 Å². The summed E-state index contributed by atoms with van der Waals surface area (Å²) in [4.78, 5) is 13.3. The molecule has 0 aromatic heterocycles. The third-order valence-electron chi connectivity index (χ3n) is 9.66. The number of unbranched alkanes of at least 4 members (excludes halogenated alkanes) is 2. The number of ether oxygens (including phenoxy) is 5. The molecule has 3 heterocycles. The van der Waals surface area contributed by atoms with Gasteiger partial charge in [-0.05, 0) is 55.2 Å². The molecule has 14 nitrogen and oxygen atoms in total. The predicted octanol–water partition coefficient (Wildman–Crippen LogP) is 3.78. The number of amides is 1. The topological polar surface area (TPSA) is 179 Å². The van der Waals surface area contributed by atoms with Gasteiger partial charge in [-0.2, -0.15) is 4.31 Å². The first-order chi connectivity index (χ1) is 24.8. The molecule has 3 aliphatic heterocycles. The third kappa shape index (κ3) is 11.0. The number of aliphatic hydroxyl groups is 1. The molecule has 2 aromatic rings. The Kier molecular flexibility index (Phi) is 13.8. The molecule has 0 radical (unpaired) electrons. The largest absolute Gasteiger partial charge is 0.454 e. The van der Waals surface area contributed by atoms with Crippen molar-refractivity contribution in [3.8, 4) is 11.5 Å². The third-order valence-corrected chi connectivity index (χ3v) is 12.9. The van der Waals surface area contributed by atoms with E-state index in [1.54, 1.807) is 6.07 Å². The smallest absolute Gasteiger partial charge is 0.407 e. The van der Waals surface area contributed by atoms with Crippen LogP contribution in [0.5, 0.6) is 11.5 Å². The Morgan fingerprint density at radius 3 is 2.58 bits per heavy atom. The lowest BCUT2D eigenvalue weighted by Gasteiger charge is -2.35. The number of nitrogens with one attached hydrogen (secondary N) is 2. The molecule has 3 N–H and O–H groups in total. The Hall–Kier alpha value is -2.99. The van der Waals surface area contributed by atoms with Gasteiger partial charge in [-0.3, -0.25) is 0 Å². The number of benzene rings is 2. The minimum absolute atomic E-state index is 0.0204. The van der Waals surface area contributed by atoms with Crippen LogP contribution in [-0.4, -0.2) is 102 Å². The summed E-state index contributed by atoms with van der Waals surface area (Å²) in [6, 6.07) is 12.8. The number of hydrogen-bond acceptors (Lipinski definition) is 11. The van der Waals surface area contributed by atoms with Crippen LogP contribution in [0.3, 0.4) is 0 Å². The second-order valence-electron chi connectivity index (χ2n) is 14.5. The van der Waals surface area contributed by atoms with Gasteiger partial charge in [-0.25, -0.2) is 26.4 Å². The Labute approximate surface area is 307 Å². The van der Waals surface area contributed by atoms with E-state index in [0.717, 1.165) is 12.0 Å². The number of aliphatic hydroxyl groups excluding tert-OH is 1. The van der Waals surface area contributed by atoms with Gasteiger partial charge in [0.05, 0.1) is 41.9 Å². The molecule has 0 spiro atoms. The van der Waals surface area contributed by atoms with E-state index in [4.69, 9.17) is 23.7 Å². The summed E-state index contributed by atoms with van der Waals surface area (Å²) < 4.78 is 84.8. The lowest BCUT2D eigenvalue weighted by molar-refractivity contribution is -0.0907. The summed E-state index contributed by atoms with van der Waals surface area (Å²) in [5.74, 6) is 0.755. The Bertz CT molecular complexity index is 1690. The van der Waals surface area contributed by atoms with Crippen molar-refractivity contribution in [3.63, 3.8) is 0 Å². The molecule has 2 fully saturated rings. The van der Waals surface area contributed by atoms with Crippen molar-refractivity contribution in [3.05, 3.63) is 54.1 Å². The number of nitrogens with zero attached hydrogens (tertiary/aromatic N) is 1. The van der Waals surface area contributed by atoms with Gasteiger partial charge >= 0.3 is 6.09 Å². The van der Waals surface area contributed by atoms with Crippen LogP contribution in [0.25, 0.3) is 0 Å². The van der Waals surface area contributed by atoms with Crippen LogP contribution in [0.15, 0.2) is 53.4 Å². The minimum Gasteiger partial charge on any atom is -0.454 e. The predicted molar refractivity (Wildman–Crippen MR) is 193 cm³/mol. The standard InChI is InChI=1S/C36H53N3O11S2/c1-4-5-19-51(42,43)37-17-10-9-16-36(2,3)24-39(52(44,45)27-13-14-31-32(21-27)49-25-48-31)22-30(40)29(20-26-11-7-6-8-12-26)38-35(41)50-33-23-47-34-28(33)15-18-46-34/h6-8,11-14,21,28-30,33-34,37,40H,4-5,9-10,15-20,22-25H2,1-3H3,(H,38,41)/t28-,29-,30+,33-,34+/m0/s1. The second kappa shape index (κ2) is 17.9. The van der Waals surface area contributed by atoms with E-state index >= 15 is 0 Å². The van der Waals surface area contributed by atoms with Gasteiger partial charge in [0, 0.05) is 25.7 Å². The molecular weight excluding hydrogens is 715 g/mol. The summed E-state index contributed by atoms with van der Waals surface area (Å²) in [5, 5.41) is 14.6. The first-order valence-corrected chi connectivity index (χ1v) is 21.1. The van der Waals surface area contributed by atoms with Crippen molar-refractivity contribution in [2.45, 2.75) is 95.2 Å². The van der Waals surface area contributed by atoms with Crippen molar-refractivity contribution in [1.82, 2.24) is 14.3 Å². The second-order valence-corrected chi connectivity index (χ2v) is 18.3. The van der Waals surface area contributed by atoms with Crippen LogP contribution in [0.1, 0.15) is 64.9 Å². The molecule has 5 rings (SSSR count). The van der Waals surface area contributed by atoms with Crippen molar-refractivity contribution in [2.24, 2.45) is 11.3 Å². The minimum atomic E-state index is -4.21. The molecular formula is C36H53N3O11S2. The van der Waals surface area contributed by atoms with E-state index < -0.39 is 56.1 Å². The van der Waals surface area contributed by atoms with Crippen LogP contribution in [-0.2, 0) is 40.7 Å². The monoisotopic (exact) mass is 767 g/mol. The molecule has 0 aliphatic carbocycles. The Balaban J connectivity index is 1.31. The van der Waals surface area contributed by atoms with E-state index in [-0.39, 0.29) is 49.5 Å². The van der Waals surface area contributed by atoms with Gasteiger partial charge in [-0.15, -0.1) is 0 Å². The maximum atomic E-state index is 14.4. The molecule has 0 bridgehead atoms. The lowest BCUT2D eigenvalue weighted by Crippen LogP contribution is -2.52. The quantitative estimate of drug-likeness (QED) is 0.167. The van der Waals surface area contributed by atoms with Crippen LogP contribution in [0, 0.1) is 11.3 Å². The first kappa shape index (κ1) is 40.2. The number of alkyl carbamates (subject to hydrolysis) is 1. The number of carbonyl (C=O) groups is 1. The molecule has 0 unspecified atom stereocenters. The number of sulfonamides is 2. The zero-order valence-electron chi connectivity index (χ0n) is 30.2. The zero-order chi connectivity index (χ0) is 37.4. The van der Waals surface area contributed by atoms with E-state index in [2.05, 4.69) is 10.0 Å². The van der Waals surface area contributed by atoms with Gasteiger partial charge in [0.15, 0.2) is 17.8 Å². The highest BCUT2D eigenvalue weighted by molar-refractivity contribution is 7.89. The van der Waals surface area contributed by atoms with Gasteiger partial charge in [0.25, 0.3) is 0 Å². The van der Waals surface area contributed by atoms with Crippen LogP contribution < -0.4 is 19.5 Å². The molecule has 2 saturated heterocycles. The molecule has 1 amide bonds. The molecule has 52 heavy (non-hydrogen) atoms. The van der Waals surface area contributed by atoms with E-state index in [9.17, 15) is 26.7 Å². The number of hydrogen-bond donors (Lipinski definition) is 3. The summed E-state index contributed by atoms with van der Waals surface area (Å²) in [6.07, 6.45) is 1.12. The van der Waals surface area contributed by atoms with Crippen LogP contribution in [0.4, 0.5) is 4.79 Å². The average molecular weight is 768 g/mol. The molecule has 2 aromatic carbocycles. The zero-order valence-corrected chi connectivity index (χ0v) is 31.8. The molecule has 16 heteroatoms. The fourth-order valence-corrected chi connectivity index (χ4v) is 9.64. The summed E-state index contributed by atoms with van der Waals surface area (Å²) in [6.45, 7) is 6.52. The van der Waals surface area contributed by atoms with Gasteiger partial charge in [-0.1, -0.05) is 63.9 Å². The first-order valence-electron chi connectivity index (χ1n) is 18.1. The van der Waals surface area contributed by atoms with Crippen molar-refractivity contribution >= 4 is 26.1 Å². The Morgan fingerprint density at radius 2 is 1.81 bits per heavy atom. The Morgan fingerprint density at radius 1 is 1.04 bits per heavy atom. The normalized spacial score (nSPS) is 21.2. The number of carbonyl (C=O) groups excluding carboxylic acids is 1. The molecule has 290 valence electrons. The molecule has 5 atom stereocenters.